The lowest BCUT2D eigenvalue weighted by Gasteiger charge is -2.03. The van der Waals surface area contributed by atoms with Gasteiger partial charge in [0.15, 0.2) is 0 Å². The van der Waals surface area contributed by atoms with E-state index in [2.05, 4.69) is 10.3 Å². The van der Waals surface area contributed by atoms with E-state index in [4.69, 9.17) is 11.6 Å². The molecule has 20 heavy (non-hydrogen) atoms. The highest BCUT2D eigenvalue weighted by atomic mass is 35.5. The van der Waals surface area contributed by atoms with Crippen LogP contribution in [0, 0.1) is 0 Å². The molecule has 0 saturated carbocycles. The number of amides is 1. The second-order valence-corrected chi connectivity index (χ2v) is 4.71. The van der Waals surface area contributed by atoms with Gasteiger partial charge in [-0.25, -0.2) is 4.98 Å². The van der Waals surface area contributed by atoms with Crippen molar-refractivity contribution in [1.82, 2.24) is 14.9 Å². The number of imidazole rings is 1. The Morgan fingerprint density at radius 1 is 1.40 bits per heavy atom. The van der Waals surface area contributed by atoms with Crippen LogP contribution in [0.4, 0.5) is 0 Å². The van der Waals surface area contributed by atoms with Crippen molar-refractivity contribution in [2.45, 2.75) is 13.0 Å². The van der Waals surface area contributed by atoms with Gasteiger partial charge in [-0.3, -0.25) is 4.79 Å². The third-order valence-electron chi connectivity index (χ3n) is 2.77. The van der Waals surface area contributed by atoms with E-state index < -0.39 is 0 Å². The molecule has 0 saturated heterocycles. The molecular formula is C15H16ClN3O. The van der Waals surface area contributed by atoms with Crippen molar-refractivity contribution in [2.75, 3.05) is 6.54 Å². The fraction of sp³-hybridized carbons (Fsp3) is 0.200. The SMILES string of the molecule is O=C(C=Cc1ccccc1Cl)NCCCn1ccnc1. The highest BCUT2D eigenvalue weighted by Crippen LogP contribution is 2.15. The summed E-state index contributed by atoms with van der Waals surface area (Å²) in [6.45, 7) is 1.47. The molecule has 0 spiro atoms. The van der Waals surface area contributed by atoms with Gasteiger partial charge in [-0.05, 0) is 24.1 Å². The van der Waals surface area contributed by atoms with Crippen LogP contribution < -0.4 is 5.32 Å². The first kappa shape index (κ1) is 14.3. The molecule has 0 atom stereocenters. The van der Waals surface area contributed by atoms with Gasteiger partial charge in [0.25, 0.3) is 0 Å². The number of hydrogen-bond acceptors (Lipinski definition) is 2. The van der Waals surface area contributed by atoms with Crippen molar-refractivity contribution in [3.8, 4) is 0 Å². The predicted octanol–water partition coefficient (Wildman–Crippen LogP) is 2.76. The van der Waals surface area contributed by atoms with Gasteiger partial charge in [0.1, 0.15) is 0 Å². The van der Waals surface area contributed by atoms with Crippen LogP contribution >= 0.6 is 11.6 Å². The number of rotatable bonds is 6. The van der Waals surface area contributed by atoms with Gasteiger partial charge in [0.05, 0.1) is 6.33 Å². The van der Waals surface area contributed by atoms with Crippen molar-refractivity contribution in [1.29, 1.82) is 0 Å². The van der Waals surface area contributed by atoms with E-state index in [1.807, 2.05) is 29.0 Å². The summed E-state index contributed by atoms with van der Waals surface area (Å²) >= 11 is 6.00. The minimum atomic E-state index is -0.115. The summed E-state index contributed by atoms with van der Waals surface area (Å²) in [6.07, 6.45) is 9.48. The van der Waals surface area contributed by atoms with Crippen LogP contribution in [0.25, 0.3) is 6.08 Å². The maximum absolute atomic E-state index is 11.6. The molecule has 5 heteroatoms. The zero-order valence-electron chi connectivity index (χ0n) is 11.0. The Morgan fingerprint density at radius 3 is 3.00 bits per heavy atom. The average molecular weight is 290 g/mol. The molecule has 1 N–H and O–H groups in total. The Bertz CT molecular complexity index is 579. The minimum Gasteiger partial charge on any atom is -0.352 e. The number of nitrogens with one attached hydrogen (secondary N) is 1. The summed E-state index contributed by atoms with van der Waals surface area (Å²) in [4.78, 5) is 15.6. The van der Waals surface area contributed by atoms with Gasteiger partial charge in [-0.1, -0.05) is 29.8 Å². The molecule has 1 aromatic carbocycles. The zero-order valence-corrected chi connectivity index (χ0v) is 11.8. The van der Waals surface area contributed by atoms with Crippen LogP contribution in [0.1, 0.15) is 12.0 Å². The summed E-state index contributed by atoms with van der Waals surface area (Å²) in [5.74, 6) is -0.115. The largest absolute Gasteiger partial charge is 0.352 e. The van der Waals surface area contributed by atoms with Gasteiger partial charge in [0, 0.05) is 36.6 Å². The average Bonchev–Trinajstić information content (AvgIpc) is 2.96. The number of halogens is 1. The van der Waals surface area contributed by atoms with Crippen LogP contribution in [0.15, 0.2) is 49.1 Å². The van der Waals surface area contributed by atoms with Gasteiger partial charge in [-0.15, -0.1) is 0 Å². The molecule has 0 aliphatic carbocycles. The molecule has 1 aromatic heterocycles. The van der Waals surface area contributed by atoms with Crippen molar-refractivity contribution >= 4 is 23.6 Å². The van der Waals surface area contributed by atoms with Crippen LogP contribution in [-0.4, -0.2) is 22.0 Å². The fourth-order valence-electron chi connectivity index (χ4n) is 1.73. The maximum Gasteiger partial charge on any atom is 0.244 e. The molecule has 0 bridgehead atoms. The normalized spacial score (nSPS) is 10.8. The van der Waals surface area contributed by atoms with E-state index in [9.17, 15) is 4.79 Å². The van der Waals surface area contributed by atoms with Crippen molar-refractivity contribution in [3.05, 3.63) is 59.6 Å². The first-order chi connectivity index (χ1) is 9.75. The third-order valence-corrected chi connectivity index (χ3v) is 3.12. The molecule has 2 rings (SSSR count). The van der Waals surface area contributed by atoms with Crippen LogP contribution in [-0.2, 0) is 11.3 Å². The number of carbonyl (C=O) groups is 1. The predicted molar refractivity (Wildman–Crippen MR) is 80.3 cm³/mol. The number of aryl methyl sites for hydroxylation is 1. The van der Waals surface area contributed by atoms with Crippen molar-refractivity contribution in [2.24, 2.45) is 0 Å². The number of aromatic nitrogens is 2. The second-order valence-electron chi connectivity index (χ2n) is 4.30. The molecule has 4 nitrogen and oxygen atoms in total. The molecule has 2 aromatic rings. The van der Waals surface area contributed by atoms with Crippen LogP contribution in [0.2, 0.25) is 5.02 Å². The first-order valence-electron chi connectivity index (χ1n) is 6.42. The highest BCUT2D eigenvalue weighted by molar-refractivity contribution is 6.32. The fourth-order valence-corrected chi connectivity index (χ4v) is 1.93. The van der Waals surface area contributed by atoms with Gasteiger partial charge >= 0.3 is 0 Å². The highest BCUT2D eigenvalue weighted by Gasteiger charge is 1.97. The molecule has 1 heterocycles. The quantitative estimate of drug-likeness (QED) is 0.656. The van der Waals surface area contributed by atoms with E-state index in [0.29, 0.717) is 11.6 Å². The lowest BCUT2D eigenvalue weighted by Crippen LogP contribution is -2.22. The minimum absolute atomic E-state index is 0.115. The molecular weight excluding hydrogens is 274 g/mol. The summed E-state index contributed by atoms with van der Waals surface area (Å²) in [7, 11) is 0. The molecule has 0 radical (unpaired) electrons. The molecule has 0 aliphatic rings. The molecule has 0 fully saturated rings. The molecule has 104 valence electrons. The summed E-state index contributed by atoms with van der Waals surface area (Å²) < 4.78 is 1.98. The first-order valence-corrected chi connectivity index (χ1v) is 6.80. The number of hydrogen-bond donors (Lipinski definition) is 1. The molecule has 0 aliphatic heterocycles. The lowest BCUT2D eigenvalue weighted by atomic mass is 10.2. The standard InChI is InChI=1S/C15H16ClN3O/c16-14-5-2-1-4-13(14)6-7-15(20)18-8-3-10-19-11-9-17-12-19/h1-2,4-7,9,11-12H,3,8,10H2,(H,18,20). The lowest BCUT2D eigenvalue weighted by molar-refractivity contribution is -0.116. The third kappa shape index (κ3) is 4.55. The summed E-state index contributed by atoms with van der Waals surface area (Å²) in [5.41, 5.74) is 0.836. The Kier molecular flexibility index (Phi) is 5.38. The van der Waals surface area contributed by atoms with E-state index in [1.165, 1.54) is 6.08 Å². The zero-order chi connectivity index (χ0) is 14.2. The monoisotopic (exact) mass is 289 g/mol. The van der Waals surface area contributed by atoms with E-state index in [-0.39, 0.29) is 5.91 Å². The topological polar surface area (TPSA) is 46.9 Å². The van der Waals surface area contributed by atoms with Gasteiger partial charge < -0.3 is 9.88 Å². The molecule has 1 amide bonds. The Hall–Kier alpha value is -2.07. The van der Waals surface area contributed by atoms with Crippen LogP contribution in [0.5, 0.6) is 0 Å². The molecule has 0 unspecified atom stereocenters. The Labute approximate surface area is 123 Å². The number of nitrogens with zero attached hydrogens (tertiary/aromatic N) is 2. The second kappa shape index (κ2) is 7.50. The summed E-state index contributed by atoms with van der Waals surface area (Å²) in [5, 5.41) is 3.47. The Balaban J connectivity index is 1.71. The Morgan fingerprint density at radius 2 is 2.25 bits per heavy atom. The van der Waals surface area contributed by atoms with E-state index >= 15 is 0 Å². The smallest absolute Gasteiger partial charge is 0.244 e. The van der Waals surface area contributed by atoms with Gasteiger partial charge in [0.2, 0.25) is 5.91 Å². The van der Waals surface area contributed by atoms with E-state index in [1.54, 1.807) is 24.7 Å². The van der Waals surface area contributed by atoms with E-state index in [0.717, 1.165) is 18.5 Å². The summed E-state index contributed by atoms with van der Waals surface area (Å²) in [6, 6.07) is 7.40. The maximum atomic E-state index is 11.6. The number of benzene rings is 1. The van der Waals surface area contributed by atoms with Crippen molar-refractivity contribution < 1.29 is 4.79 Å². The van der Waals surface area contributed by atoms with Gasteiger partial charge in [-0.2, -0.15) is 0 Å². The van der Waals surface area contributed by atoms with Crippen molar-refractivity contribution in [3.63, 3.8) is 0 Å². The number of carbonyl (C=O) groups excluding carboxylic acids is 1. The van der Waals surface area contributed by atoms with Crippen LogP contribution in [0.3, 0.4) is 0 Å².